The van der Waals surface area contributed by atoms with E-state index in [1.54, 1.807) is 0 Å². The molecule has 1 aliphatic rings. The second-order valence-electron chi connectivity index (χ2n) is 3.31. The highest BCUT2D eigenvalue weighted by Crippen LogP contribution is 2.16. The zero-order valence-electron chi connectivity index (χ0n) is 8.70. The standard InChI is InChI=1S/C11H12O4/c1-7(12)3-4-8-5-10(14)11(15-2)6-9(8)13/h5-6H,3-4H2,1-2H3. The normalized spacial score (nSPS) is 15.9. The van der Waals surface area contributed by atoms with E-state index in [-0.39, 0.29) is 29.5 Å². The topological polar surface area (TPSA) is 60.4 Å². The van der Waals surface area contributed by atoms with Crippen LogP contribution in [0.4, 0.5) is 0 Å². The summed E-state index contributed by atoms with van der Waals surface area (Å²) >= 11 is 0. The Morgan fingerprint density at radius 2 is 1.93 bits per heavy atom. The third-order valence-corrected chi connectivity index (χ3v) is 2.09. The molecule has 0 radical (unpaired) electrons. The summed E-state index contributed by atoms with van der Waals surface area (Å²) in [7, 11) is 1.34. The average Bonchev–Trinajstić information content (AvgIpc) is 2.18. The number of ketones is 3. The summed E-state index contributed by atoms with van der Waals surface area (Å²) in [6, 6.07) is 0. The molecular formula is C11H12O4. The van der Waals surface area contributed by atoms with E-state index in [0.29, 0.717) is 12.0 Å². The molecule has 0 aromatic carbocycles. The fourth-order valence-electron chi connectivity index (χ4n) is 1.25. The maximum atomic E-state index is 11.4. The van der Waals surface area contributed by atoms with Crippen molar-refractivity contribution in [1.82, 2.24) is 0 Å². The molecule has 0 aromatic rings. The minimum absolute atomic E-state index is 0.00216. The van der Waals surface area contributed by atoms with Crippen molar-refractivity contribution in [3.8, 4) is 0 Å². The predicted octanol–water partition coefficient (Wildman–Crippen LogP) is 0.964. The van der Waals surface area contributed by atoms with Crippen molar-refractivity contribution in [2.24, 2.45) is 0 Å². The Bertz CT molecular complexity index is 374. The maximum absolute atomic E-state index is 11.4. The molecule has 80 valence electrons. The molecule has 0 saturated heterocycles. The van der Waals surface area contributed by atoms with Crippen LogP contribution < -0.4 is 0 Å². The third-order valence-electron chi connectivity index (χ3n) is 2.09. The van der Waals surface area contributed by atoms with Gasteiger partial charge in [-0.05, 0) is 19.4 Å². The SMILES string of the molecule is COC1=CC(=O)C(CCC(C)=O)=CC1=O. The first-order chi connectivity index (χ1) is 7.04. The van der Waals surface area contributed by atoms with Crippen LogP contribution in [0, 0.1) is 0 Å². The first kappa shape index (κ1) is 11.4. The van der Waals surface area contributed by atoms with Gasteiger partial charge in [0.15, 0.2) is 11.5 Å². The molecule has 0 atom stereocenters. The molecule has 15 heavy (non-hydrogen) atoms. The van der Waals surface area contributed by atoms with Crippen molar-refractivity contribution < 1.29 is 19.1 Å². The highest BCUT2D eigenvalue weighted by Gasteiger charge is 2.20. The number of carbonyl (C=O) groups is 3. The van der Waals surface area contributed by atoms with Gasteiger partial charge in [0.2, 0.25) is 5.78 Å². The van der Waals surface area contributed by atoms with Crippen LogP contribution in [0.5, 0.6) is 0 Å². The summed E-state index contributed by atoms with van der Waals surface area (Å²) in [5.41, 5.74) is 0.371. The second-order valence-corrected chi connectivity index (χ2v) is 3.31. The monoisotopic (exact) mass is 208 g/mol. The summed E-state index contributed by atoms with van der Waals surface area (Å²) in [6.45, 7) is 1.45. The average molecular weight is 208 g/mol. The molecule has 0 aliphatic heterocycles. The van der Waals surface area contributed by atoms with Gasteiger partial charge >= 0.3 is 0 Å². The molecule has 4 nitrogen and oxygen atoms in total. The predicted molar refractivity (Wildman–Crippen MR) is 53.1 cm³/mol. The minimum atomic E-state index is -0.323. The first-order valence-corrected chi connectivity index (χ1v) is 4.59. The van der Waals surface area contributed by atoms with Gasteiger partial charge in [-0.2, -0.15) is 0 Å². The fraction of sp³-hybridized carbons (Fsp3) is 0.364. The molecule has 0 unspecified atom stereocenters. The van der Waals surface area contributed by atoms with Crippen molar-refractivity contribution in [2.75, 3.05) is 7.11 Å². The van der Waals surface area contributed by atoms with E-state index in [1.807, 2.05) is 0 Å². The smallest absolute Gasteiger partial charge is 0.220 e. The van der Waals surface area contributed by atoms with Crippen molar-refractivity contribution in [3.63, 3.8) is 0 Å². The number of rotatable bonds is 4. The Morgan fingerprint density at radius 3 is 2.47 bits per heavy atom. The van der Waals surface area contributed by atoms with Crippen LogP contribution in [-0.2, 0) is 19.1 Å². The van der Waals surface area contributed by atoms with E-state index in [2.05, 4.69) is 0 Å². The van der Waals surface area contributed by atoms with Gasteiger partial charge in [0, 0.05) is 18.1 Å². The number of carbonyl (C=O) groups excluding carboxylic acids is 3. The van der Waals surface area contributed by atoms with Crippen LogP contribution in [0.1, 0.15) is 19.8 Å². The molecule has 0 heterocycles. The van der Waals surface area contributed by atoms with E-state index < -0.39 is 0 Å². The number of ether oxygens (including phenoxy) is 1. The lowest BCUT2D eigenvalue weighted by molar-refractivity contribution is -0.118. The second kappa shape index (κ2) is 4.68. The Balaban J connectivity index is 2.74. The highest BCUT2D eigenvalue weighted by molar-refractivity contribution is 6.19. The van der Waals surface area contributed by atoms with Crippen molar-refractivity contribution in [1.29, 1.82) is 0 Å². The van der Waals surface area contributed by atoms with E-state index in [4.69, 9.17) is 4.74 Å². The van der Waals surface area contributed by atoms with Gasteiger partial charge < -0.3 is 9.53 Å². The van der Waals surface area contributed by atoms with Gasteiger partial charge in [-0.1, -0.05) is 0 Å². The zero-order valence-corrected chi connectivity index (χ0v) is 8.70. The number of methoxy groups -OCH3 is 1. The van der Waals surface area contributed by atoms with Crippen LogP contribution in [-0.4, -0.2) is 24.5 Å². The van der Waals surface area contributed by atoms with Crippen molar-refractivity contribution in [2.45, 2.75) is 19.8 Å². The molecule has 1 aliphatic carbocycles. The minimum Gasteiger partial charge on any atom is -0.493 e. The third kappa shape index (κ3) is 2.87. The molecule has 0 fully saturated rings. The van der Waals surface area contributed by atoms with E-state index >= 15 is 0 Å². The lowest BCUT2D eigenvalue weighted by atomic mass is 9.97. The Hall–Kier alpha value is -1.71. The summed E-state index contributed by atoms with van der Waals surface area (Å²) in [5, 5.41) is 0. The number of allylic oxidation sites excluding steroid dienone is 3. The fourth-order valence-corrected chi connectivity index (χ4v) is 1.25. The van der Waals surface area contributed by atoms with Gasteiger partial charge in [-0.25, -0.2) is 0 Å². The largest absolute Gasteiger partial charge is 0.493 e. The van der Waals surface area contributed by atoms with Crippen LogP contribution in [0.15, 0.2) is 23.5 Å². The quantitative estimate of drug-likeness (QED) is 0.646. The Morgan fingerprint density at radius 1 is 1.27 bits per heavy atom. The summed E-state index contributed by atoms with van der Waals surface area (Å²) in [6.07, 6.45) is 3.00. The van der Waals surface area contributed by atoms with Gasteiger partial charge in [-0.15, -0.1) is 0 Å². The molecule has 4 heteroatoms. The van der Waals surface area contributed by atoms with E-state index in [9.17, 15) is 14.4 Å². The summed E-state index contributed by atoms with van der Waals surface area (Å²) in [4.78, 5) is 33.5. The first-order valence-electron chi connectivity index (χ1n) is 4.59. The van der Waals surface area contributed by atoms with Crippen LogP contribution in [0.2, 0.25) is 0 Å². The van der Waals surface area contributed by atoms with Crippen molar-refractivity contribution in [3.05, 3.63) is 23.5 Å². The van der Waals surface area contributed by atoms with Crippen LogP contribution in [0.25, 0.3) is 0 Å². The van der Waals surface area contributed by atoms with Gasteiger partial charge in [-0.3, -0.25) is 9.59 Å². The molecule has 0 saturated carbocycles. The Kier molecular flexibility index (Phi) is 3.55. The lowest BCUT2D eigenvalue weighted by Crippen LogP contribution is -2.14. The lowest BCUT2D eigenvalue weighted by Gasteiger charge is -2.10. The van der Waals surface area contributed by atoms with Crippen LogP contribution >= 0.6 is 0 Å². The molecule has 0 N–H and O–H groups in total. The number of hydrogen-bond donors (Lipinski definition) is 0. The molecule has 0 spiro atoms. The van der Waals surface area contributed by atoms with Gasteiger partial charge in [0.05, 0.1) is 7.11 Å². The summed E-state index contributed by atoms with van der Waals surface area (Å²) < 4.78 is 4.73. The molecule has 0 bridgehead atoms. The van der Waals surface area contributed by atoms with Gasteiger partial charge in [0.1, 0.15) is 5.78 Å². The van der Waals surface area contributed by atoms with Gasteiger partial charge in [0.25, 0.3) is 0 Å². The molecule has 0 amide bonds. The number of hydrogen-bond acceptors (Lipinski definition) is 4. The Labute approximate surface area is 87.6 Å². The van der Waals surface area contributed by atoms with E-state index in [0.717, 1.165) is 6.08 Å². The molecule has 1 rings (SSSR count). The van der Waals surface area contributed by atoms with Crippen molar-refractivity contribution >= 4 is 17.3 Å². The maximum Gasteiger partial charge on any atom is 0.220 e. The van der Waals surface area contributed by atoms with Crippen LogP contribution in [0.3, 0.4) is 0 Å². The number of Topliss-reactive ketones (excluding diaryl/α,β-unsaturated/α-hetero) is 1. The summed E-state index contributed by atoms with van der Waals surface area (Å²) in [5.74, 6) is -0.535. The molecular weight excluding hydrogens is 196 g/mol. The molecule has 0 aromatic heterocycles. The van der Waals surface area contributed by atoms with E-state index in [1.165, 1.54) is 20.1 Å². The highest BCUT2D eigenvalue weighted by atomic mass is 16.5. The zero-order chi connectivity index (χ0) is 11.4.